The van der Waals surface area contributed by atoms with Gasteiger partial charge >= 0.3 is 0 Å². The number of nitrogens with one attached hydrogen (secondary N) is 1. The molecule has 4 rings (SSSR count). The monoisotopic (exact) mass is 488 g/mol. The lowest BCUT2D eigenvalue weighted by Gasteiger charge is -2.33. The summed E-state index contributed by atoms with van der Waals surface area (Å²) < 4.78 is 32.5. The molecule has 2 aliphatic rings. The summed E-state index contributed by atoms with van der Waals surface area (Å²) in [5, 5.41) is 2.80. The Morgan fingerprint density at radius 1 is 0.941 bits per heavy atom. The second kappa shape index (κ2) is 10.7. The van der Waals surface area contributed by atoms with Crippen LogP contribution in [0.15, 0.2) is 45.9 Å². The number of nitrogens with zero attached hydrogens (tertiary/aromatic N) is 3. The van der Waals surface area contributed by atoms with Crippen molar-refractivity contribution in [2.75, 3.05) is 51.1 Å². The fourth-order valence-electron chi connectivity index (χ4n) is 4.41. The molecule has 0 aliphatic carbocycles. The van der Waals surface area contributed by atoms with E-state index in [0.717, 1.165) is 36.9 Å². The number of piperazine rings is 1. The number of anilines is 1. The van der Waals surface area contributed by atoms with Gasteiger partial charge in [0.2, 0.25) is 11.0 Å². The zero-order valence-corrected chi connectivity index (χ0v) is 20.3. The molecular weight excluding hydrogens is 456 g/mol. The Balaban J connectivity index is 1.29. The number of piperidine rings is 1. The van der Waals surface area contributed by atoms with Crippen molar-refractivity contribution in [2.24, 2.45) is 0 Å². The fourth-order valence-corrected chi connectivity index (χ4v) is 5.84. The first-order valence-electron chi connectivity index (χ1n) is 11.9. The molecule has 0 radical (unpaired) electrons. The van der Waals surface area contributed by atoms with E-state index in [1.807, 2.05) is 36.1 Å². The van der Waals surface area contributed by atoms with E-state index in [1.54, 1.807) is 4.90 Å². The fraction of sp³-hybridized carbons (Fsp3) is 0.500. The van der Waals surface area contributed by atoms with Gasteiger partial charge in [-0.3, -0.25) is 14.5 Å². The van der Waals surface area contributed by atoms with Gasteiger partial charge < -0.3 is 14.6 Å². The standard InChI is InChI=1S/C24H32N4O5S/c1-2-19-8-4-5-9-20(19)25-22(29)18-26-14-16-27(17-15-26)24(30)21-10-11-23(33-21)34(31,32)28-12-6-3-7-13-28/h4-5,8-11H,2-3,6-7,12-18H2,1H3,(H,25,29). The van der Waals surface area contributed by atoms with Gasteiger partial charge in [0.05, 0.1) is 6.54 Å². The first kappa shape index (κ1) is 24.4. The zero-order valence-electron chi connectivity index (χ0n) is 19.5. The van der Waals surface area contributed by atoms with Crippen LogP contribution >= 0.6 is 0 Å². The van der Waals surface area contributed by atoms with E-state index >= 15 is 0 Å². The van der Waals surface area contributed by atoms with Crippen molar-refractivity contribution in [3.05, 3.63) is 47.7 Å². The van der Waals surface area contributed by atoms with Gasteiger partial charge in [-0.25, -0.2) is 8.42 Å². The Hall–Kier alpha value is -2.69. The third kappa shape index (κ3) is 5.51. The molecule has 0 unspecified atom stereocenters. The summed E-state index contributed by atoms with van der Waals surface area (Å²) in [6.07, 6.45) is 3.52. The van der Waals surface area contributed by atoms with Gasteiger partial charge in [-0.1, -0.05) is 31.5 Å². The van der Waals surface area contributed by atoms with Crippen LogP contribution in [0.2, 0.25) is 0 Å². The highest BCUT2D eigenvalue weighted by Crippen LogP contribution is 2.23. The van der Waals surface area contributed by atoms with Crippen LogP contribution in [-0.2, 0) is 21.2 Å². The molecular formula is C24H32N4O5S. The van der Waals surface area contributed by atoms with Crippen LogP contribution in [0.4, 0.5) is 5.69 Å². The number of benzene rings is 1. The van der Waals surface area contributed by atoms with Crippen LogP contribution in [0.25, 0.3) is 0 Å². The molecule has 2 fully saturated rings. The molecule has 9 nitrogen and oxygen atoms in total. The number of aryl methyl sites for hydroxylation is 1. The van der Waals surface area contributed by atoms with Crippen molar-refractivity contribution in [2.45, 2.75) is 37.7 Å². The van der Waals surface area contributed by atoms with Crippen molar-refractivity contribution >= 4 is 27.5 Å². The van der Waals surface area contributed by atoms with Crippen LogP contribution in [-0.4, -0.2) is 80.2 Å². The van der Waals surface area contributed by atoms with Crippen molar-refractivity contribution < 1.29 is 22.4 Å². The predicted octanol–water partition coefficient (Wildman–Crippen LogP) is 2.41. The number of sulfonamides is 1. The second-order valence-electron chi connectivity index (χ2n) is 8.71. The summed E-state index contributed by atoms with van der Waals surface area (Å²) in [7, 11) is -3.72. The first-order valence-corrected chi connectivity index (χ1v) is 13.3. The number of carbonyl (C=O) groups is 2. The maximum Gasteiger partial charge on any atom is 0.289 e. The minimum atomic E-state index is -3.72. The third-order valence-electron chi connectivity index (χ3n) is 6.40. The molecule has 3 heterocycles. The average molecular weight is 489 g/mol. The maximum absolute atomic E-state index is 12.9. The molecule has 0 saturated carbocycles. The number of furan rings is 1. The number of hydrogen-bond donors (Lipinski definition) is 1. The van der Waals surface area contributed by atoms with Gasteiger partial charge in [0.25, 0.3) is 15.9 Å². The van der Waals surface area contributed by atoms with E-state index in [9.17, 15) is 18.0 Å². The zero-order chi connectivity index (χ0) is 24.1. The molecule has 2 aromatic rings. The van der Waals surface area contributed by atoms with E-state index in [0.29, 0.717) is 39.3 Å². The molecule has 2 saturated heterocycles. The van der Waals surface area contributed by atoms with E-state index in [1.165, 1.54) is 16.4 Å². The number of para-hydroxylation sites is 1. The van der Waals surface area contributed by atoms with Gasteiger partial charge in [-0.2, -0.15) is 4.31 Å². The Morgan fingerprint density at radius 2 is 1.65 bits per heavy atom. The van der Waals surface area contributed by atoms with Crippen LogP contribution in [0, 0.1) is 0 Å². The molecule has 1 aromatic carbocycles. The van der Waals surface area contributed by atoms with Crippen LogP contribution in [0.1, 0.15) is 42.3 Å². The Bertz CT molecular complexity index is 1120. The van der Waals surface area contributed by atoms with Crippen LogP contribution in [0.3, 0.4) is 0 Å². The topological polar surface area (TPSA) is 103 Å². The molecule has 0 bridgehead atoms. The van der Waals surface area contributed by atoms with Crippen molar-refractivity contribution in [3.63, 3.8) is 0 Å². The highest BCUT2D eigenvalue weighted by molar-refractivity contribution is 7.89. The molecule has 2 aliphatic heterocycles. The van der Waals surface area contributed by atoms with Gasteiger partial charge in [0.15, 0.2) is 5.76 Å². The van der Waals surface area contributed by atoms with Crippen molar-refractivity contribution in [1.82, 2.24) is 14.1 Å². The summed E-state index contributed by atoms with van der Waals surface area (Å²) in [4.78, 5) is 29.0. The predicted molar refractivity (Wildman–Crippen MR) is 128 cm³/mol. The largest absolute Gasteiger partial charge is 0.438 e. The van der Waals surface area contributed by atoms with Crippen LogP contribution < -0.4 is 5.32 Å². The number of hydrogen-bond acceptors (Lipinski definition) is 6. The molecule has 1 aromatic heterocycles. The maximum atomic E-state index is 12.9. The summed E-state index contributed by atoms with van der Waals surface area (Å²) in [5.74, 6) is -0.390. The highest BCUT2D eigenvalue weighted by Gasteiger charge is 2.31. The van der Waals surface area contributed by atoms with Gasteiger partial charge in [-0.15, -0.1) is 0 Å². The number of rotatable bonds is 7. The lowest BCUT2D eigenvalue weighted by molar-refractivity contribution is -0.117. The lowest BCUT2D eigenvalue weighted by Crippen LogP contribution is -2.50. The number of amides is 2. The summed E-state index contributed by atoms with van der Waals surface area (Å²) >= 11 is 0. The summed E-state index contributed by atoms with van der Waals surface area (Å²) in [5.41, 5.74) is 1.92. The Morgan fingerprint density at radius 3 is 2.35 bits per heavy atom. The normalized spacial score (nSPS) is 18.1. The smallest absolute Gasteiger partial charge is 0.289 e. The molecule has 2 amide bonds. The molecule has 0 spiro atoms. The van der Waals surface area contributed by atoms with Gasteiger partial charge in [-0.05, 0) is 43.0 Å². The van der Waals surface area contributed by atoms with E-state index in [4.69, 9.17) is 4.42 Å². The van der Waals surface area contributed by atoms with Gasteiger partial charge in [0, 0.05) is 45.0 Å². The molecule has 0 atom stereocenters. The molecule has 34 heavy (non-hydrogen) atoms. The number of carbonyl (C=O) groups excluding carboxylic acids is 2. The average Bonchev–Trinajstić information content (AvgIpc) is 3.36. The minimum Gasteiger partial charge on any atom is -0.438 e. The molecule has 184 valence electrons. The van der Waals surface area contributed by atoms with E-state index in [-0.39, 0.29) is 29.2 Å². The minimum absolute atomic E-state index is 0.0259. The van der Waals surface area contributed by atoms with Crippen LogP contribution in [0.5, 0.6) is 0 Å². The summed E-state index contributed by atoms with van der Waals surface area (Å²) in [6, 6.07) is 10.6. The lowest BCUT2D eigenvalue weighted by atomic mass is 10.1. The third-order valence-corrected chi connectivity index (χ3v) is 8.17. The van der Waals surface area contributed by atoms with Crippen molar-refractivity contribution in [1.29, 1.82) is 0 Å². The highest BCUT2D eigenvalue weighted by atomic mass is 32.2. The van der Waals surface area contributed by atoms with Gasteiger partial charge in [0.1, 0.15) is 0 Å². The molecule has 10 heteroatoms. The van der Waals surface area contributed by atoms with E-state index in [2.05, 4.69) is 5.32 Å². The Labute approximate surface area is 200 Å². The Kier molecular flexibility index (Phi) is 7.70. The molecule has 1 N–H and O–H groups in total. The van der Waals surface area contributed by atoms with Crippen molar-refractivity contribution in [3.8, 4) is 0 Å². The van der Waals surface area contributed by atoms with E-state index < -0.39 is 10.0 Å². The first-order chi connectivity index (χ1) is 16.4. The second-order valence-corrected chi connectivity index (χ2v) is 10.6. The summed E-state index contributed by atoms with van der Waals surface area (Å²) in [6.45, 7) is 5.23. The SMILES string of the molecule is CCc1ccccc1NC(=O)CN1CCN(C(=O)c2ccc(S(=O)(=O)N3CCCCC3)o2)CC1. The quantitative estimate of drug-likeness (QED) is 0.642.